The summed E-state index contributed by atoms with van der Waals surface area (Å²) in [5.41, 5.74) is 2.02. The predicted octanol–water partition coefficient (Wildman–Crippen LogP) is 3.26. The maximum atomic E-state index is 10.8. The molecule has 1 aromatic heterocycles. The van der Waals surface area contributed by atoms with Gasteiger partial charge >= 0.3 is 11.0 Å². The molecule has 0 amide bonds. The molecule has 1 heterocycles. The number of thioether (sulfide) groups is 1. The molecule has 0 spiro atoms. The number of aromatic nitrogens is 2. The number of carbonyl (C=O) groups is 1. The van der Waals surface area contributed by atoms with Gasteiger partial charge in [0.1, 0.15) is 0 Å². The zero-order valence-electron chi connectivity index (χ0n) is 11.5. The molecule has 0 aliphatic heterocycles. The quantitative estimate of drug-likeness (QED) is 0.577. The van der Waals surface area contributed by atoms with E-state index in [1.165, 1.54) is 23.1 Å². The highest BCUT2D eigenvalue weighted by Gasteiger charge is 2.24. The van der Waals surface area contributed by atoms with Crippen LogP contribution in [-0.2, 0) is 4.79 Å². The van der Waals surface area contributed by atoms with Crippen LogP contribution in [0.3, 0.4) is 0 Å². The van der Waals surface area contributed by atoms with E-state index in [0.717, 1.165) is 20.6 Å². The van der Waals surface area contributed by atoms with Gasteiger partial charge in [-0.15, -0.1) is 0 Å². The normalized spacial score (nSPS) is 10.5. The number of nitrogens with zero attached hydrogens (tertiary/aromatic N) is 2. The van der Waals surface area contributed by atoms with Gasteiger partial charge in [0.15, 0.2) is 0 Å². The second kappa shape index (κ2) is 6.72. The molecule has 0 fully saturated rings. The number of hydrogen-bond donors (Lipinski definition) is 1. The highest BCUT2D eigenvalue weighted by Crippen LogP contribution is 2.29. The Morgan fingerprint density at radius 1 is 1.09 bits per heavy atom. The Balaban J connectivity index is 2.04. The summed E-state index contributed by atoms with van der Waals surface area (Å²) >= 11 is 2.74. The molecule has 0 bridgehead atoms. The summed E-state index contributed by atoms with van der Waals surface area (Å²) in [6.07, 6.45) is 0. The van der Waals surface area contributed by atoms with Gasteiger partial charge < -0.3 is 5.11 Å². The molecule has 110 valence electrons. The molecule has 6 heteroatoms. The number of hydrogen-bond acceptors (Lipinski definition) is 4. The third-order valence-electron chi connectivity index (χ3n) is 2.90. The molecule has 0 aliphatic rings. The Labute approximate surface area is 136 Å². The van der Waals surface area contributed by atoms with Crippen LogP contribution in [0.2, 0.25) is 0 Å². The minimum Gasteiger partial charge on any atom is -0.481 e. The second-order valence-electron chi connectivity index (χ2n) is 4.47. The summed E-state index contributed by atoms with van der Waals surface area (Å²) in [6, 6.07) is 19.8. The van der Waals surface area contributed by atoms with Crippen molar-refractivity contribution in [2.75, 3.05) is 5.75 Å². The first-order valence-corrected chi connectivity index (χ1v) is 8.43. The molecule has 3 rings (SSSR count). The lowest BCUT2D eigenvalue weighted by atomic mass is 10.2. The fourth-order valence-corrected chi connectivity index (χ4v) is 3.77. The third kappa shape index (κ3) is 3.35. The minimum atomic E-state index is -0.840. The first kappa shape index (κ1) is 14.7. The first-order chi connectivity index (χ1) is 10.7. The molecule has 0 saturated carbocycles. The molecule has 0 aliphatic carbocycles. The number of carboxylic acids is 1. The van der Waals surface area contributed by atoms with Crippen molar-refractivity contribution in [3.63, 3.8) is 0 Å². The fourth-order valence-electron chi connectivity index (χ4n) is 1.96. The van der Waals surface area contributed by atoms with E-state index >= 15 is 0 Å². The number of rotatable bonds is 5. The first-order valence-electron chi connectivity index (χ1n) is 6.62. The molecule has 0 atom stereocenters. The highest BCUT2D eigenvalue weighted by molar-refractivity contribution is 8.01. The van der Waals surface area contributed by atoms with Crippen LogP contribution >= 0.6 is 23.1 Å². The Kier molecular flexibility index (Phi) is 4.50. The topological polar surface area (TPSA) is 54.1 Å². The predicted molar refractivity (Wildman–Crippen MR) is 87.4 cm³/mol. The van der Waals surface area contributed by atoms with Gasteiger partial charge in [0.25, 0.3) is 0 Å². The van der Waals surface area contributed by atoms with Crippen molar-refractivity contribution in [2.45, 2.75) is 4.34 Å². The van der Waals surface area contributed by atoms with E-state index in [2.05, 4.69) is 5.10 Å². The Hall–Kier alpha value is -2.18. The average molecular weight is 329 g/mol. The highest BCUT2D eigenvalue weighted by atomic mass is 32.2. The van der Waals surface area contributed by atoms with Crippen molar-refractivity contribution in [2.24, 2.45) is 0 Å². The van der Waals surface area contributed by atoms with Crippen LogP contribution < -0.4 is 4.68 Å². The van der Waals surface area contributed by atoms with Crippen LogP contribution in [0.5, 0.6) is 0 Å². The Bertz CT molecular complexity index is 716. The van der Waals surface area contributed by atoms with Crippen LogP contribution in [0.1, 0.15) is 0 Å². The van der Waals surface area contributed by atoms with Gasteiger partial charge in [-0.2, -0.15) is 0 Å². The van der Waals surface area contributed by atoms with Crippen molar-refractivity contribution < 1.29 is 14.6 Å². The van der Waals surface area contributed by atoms with Crippen molar-refractivity contribution in [3.05, 3.63) is 60.7 Å². The summed E-state index contributed by atoms with van der Waals surface area (Å²) in [4.78, 5) is 10.8. The fraction of sp³-hybridized carbons (Fsp3) is 0.0625. The van der Waals surface area contributed by atoms with Crippen LogP contribution in [-0.4, -0.2) is 21.9 Å². The lowest BCUT2D eigenvalue weighted by Gasteiger charge is -1.94. The number of carboxylic acid groups (broad SMARTS) is 1. The molecule has 0 unspecified atom stereocenters. The lowest BCUT2D eigenvalue weighted by Crippen LogP contribution is -2.34. The number of aliphatic carboxylic acids is 1. The van der Waals surface area contributed by atoms with E-state index in [1.807, 2.05) is 65.3 Å². The summed E-state index contributed by atoms with van der Waals surface area (Å²) in [7, 11) is 0. The van der Waals surface area contributed by atoms with E-state index in [-0.39, 0.29) is 5.75 Å². The monoisotopic (exact) mass is 329 g/mol. The van der Waals surface area contributed by atoms with E-state index in [9.17, 15) is 4.79 Å². The molecular formula is C16H13N2O2S2+. The summed E-state index contributed by atoms with van der Waals surface area (Å²) in [5.74, 6) is -0.830. The molecule has 4 nitrogen and oxygen atoms in total. The standard InChI is InChI=1S/C16H12N2O2S2/c19-14(20)11-21-16-17-18(13-9-5-2-6-10-13)15(22-16)12-7-3-1-4-8-12/h1-10H,11H2/p+1. The minimum absolute atomic E-state index is 0.0104. The molecule has 1 N–H and O–H groups in total. The van der Waals surface area contributed by atoms with Gasteiger partial charge in [0.05, 0.1) is 11.3 Å². The van der Waals surface area contributed by atoms with Gasteiger partial charge in [-0.1, -0.05) is 48.2 Å². The molecule has 0 radical (unpaired) electrons. The average Bonchev–Trinajstić information content (AvgIpc) is 2.99. The van der Waals surface area contributed by atoms with Crippen LogP contribution in [0.15, 0.2) is 65.0 Å². The number of para-hydroxylation sites is 1. The van der Waals surface area contributed by atoms with Gasteiger partial charge in [-0.25, -0.2) is 0 Å². The molecule has 22 heavy (non-hydrogen) atoms. The molecule has 2 aromatic carbocycles. The SMILES string of the molecule is O=C(O)CSc1n[n+](-c2ccccc2)c(-c2ccccc2)s1. The van der Waals surface area contributed by atoms with Crippen molar-refractivity contribution in [3.8, 4) is 16.3 Å². The maximum Gasteiger partial charge on any atom is 0.313 e. The van der Waals surface area contributed by atoms with E-state index in [1.54, 1.807) is 0 Å². The van der Waals surface area contributed by atoms with Crippen molar-refractivity contribution >= 4 is 29.1 Å². The summed E-state index contributed by atoms with van der Waals surface area (Å²) < 4.78 is 2.61. The van der Waals surface area contributed by atoms with E-state index < -0.39 is 5.97 Å². The van der Waals surface area contributed by atoms with Gasteiger partial charge in [0, 0.05) is 17.2 Å². The van der Waals surface area contributed by atoms with Crippen LogP contribution in [0, 0.1) is 0 Å². The van der Waals surface area contributed by atoms with Gasteiger partial charge in [-0.3, -0.25) is 4.79 Å². The second-order valence-corrected chi connectivity index (χ2v) is 6.67. The van der Waals surface area contributed by atoms with Crippen LogP contribution in [0.4, 0.5) is 0 Å². The third-order valence-corrected chi connectivity index (χ3v) is 5.08. The van der Waals surface area contributed by atoms with E-state index in [4.69, 9.17) is 5.11 Å². The Morgan fingerprint density at radius 2 is 1.73 bits per heavy atom. The smallest absolute Gasteiger partial charge is 0.313 e. The van der Waals surface area contributed by atoms with Gasteiger partial charge in [0.2, 0.25) is 10.0 Å². The summed E-state index contributed by atoms with van der Waals surface area (Å²) in [5, 5.41) is 14.4. The van der Waals surface area contributed by atoms with Crippen molar-refractivity contribution in [1.29, 1.82) is 0 Å². The van der Waals surface area contributed by atoms with Crippen molar-refractivity contribution in [1.82, 2.24) is 5.10 Å². The largest absolute Gasteiger partial charge is 0.481 e. The zero-order valence-corrected chi connectivity index (χ0v) is 13.2. The Morgan fingerprint density at radius 3 is 2.36 bits per heavy atom. The summed E-state index contributed by atoms with van der Waals surface area (Å²) in [6.45, 7) is 0. The zero-order chi connectivity index (χ0) is 15.4. The molecule has 3 aromatic rings. The number of benzene rings is 2. The molecular weight excluding hydrogens is 316 g/mol. The van der Waals surface area contributed by atoms with Crippen LogP contribution in [0.25, 0.3) is 16.3 Å². The molecule has 0 saturated heterocycles. The maximum absolute atomic E-state index is 10.8. The van der Waals surface area contributed by atoms with Gasteiger partial charge in [-0.05, 0) is 28.2 Å². The van der Waals surface area contributed by atoms with E-state index in [0.29, 0.717) is 0 Å². The lowest BCUT2D eigenvalue weighted by molar-refractivity contribution is -0.646.